The summed E-state index contributed by atoms with van der Waals surface area (Å²) in [6.07, 6.45) is 2.17. The van der Waals surface area contributed by atoms with Crippen molar-refractivity contribution in [1.29, 1.82) is 0 Å². The summed E-state index contributed by atoms with van der Waals surface area (Å²) >= 11 is 1.39. The average molecular weight is 288 g/mol. The molecule has 0 saturated heterocycles. The summed E-state index contributed by atoms with van der Waals surface area (Å²) in [6.45, 7) is 3.14. The van der Waals surface area contributed by atoms with Gasteiger partial charge in [-0.05, 0) is 31.4 Å². The van der Waals surface area contributed by atoms with Crippen molar-refractivity contribution in [3.05, 3.63) is 34.8 Å². The highest BCUT2D eigenvalue weighted by Gasteiger charge is 2.19. The molecule has 104 valence electrons. The molecule has 1 amide bonds. The maximum absolute atomic E-state index is 12.1. The average Bonchev–Trinajstić information content (AvgIpc) is 2.84. The fraction of sp³-hybridized carbons (Fsp3) is 0.357. The van der Waals surface area contributed by atoms with Gasteiger partial charge in [0.25, 0.3) is 0 Å². The molecule has 1 aliphatic rings. The predicted octanol–water partition coefficient (Wildman–Crippen LogP) is 2.24. The van der Waals surface area contributed by atoms with Crippen LogP contribution in [0, 0.1) is 6.92 Å². The first kappa shape index (κ1) is 13.1. The smallest absolute Gasteiger partial charge is 0.245 e. The van der Waals surface area contributed by atoms with E-state index in [1.807, 2.05) is 19.1 Å². The van der Waals surface area contributed by atoms with E-state index < -0.39 is 0 Å². The van der Waals surface area contributed by atoms with E-state index in [1.165, 1.54) is 22.6 Å². The Kier molecular flexibility index (Phi) is 3.64. The molecule has 3 rings (SSSR count). The molecular formula is C14H16N4OS. The van der Waals surface area contributed by atoms with Gasteiger partial charge in [-0.15, -0.1) is 10.2 Å². The number of anilines is 2. The van der Waals surface area contributed by atoms with E-state index in [0.717, 1.165) is 24.4 Å². The SMILES string of the molecule is Cc1nnc(NC(=O)CN2CCCc3ccccc32)s1. The van der Waals surface area contributed by atoms with Crippen LogP contribution in [0.25, 0.3) is 0 Å². The first-order valence-corrected chi connectivity index (χ1v) is 7.47. The van der Waals surface area contributed by atoms with Crippen LogP contribution < -0.4 is 10.2 Å². The molecule has 0 spiro atoms. The highest BCUT2D eigenvalue weighted by Crippen LogP contribution is 2.26. The lowest BCUT2D eigenvalue weighted by atomic mass is 10.0. The summed E-state index contributed by atoms with van der Waals surface area (Å²) in [6, 6.07) is 8.28. The van der Waals surface area contributed by atoms with E-state index >= 15 is 0 Å². The minimum Gasteiger partial charge on any atom is -0.362 e. The lowest BCUT2D eigenvalue weighted by molar-refractivity contribution is -0.115. The van der Waals surface area contributed by atoms with Crippen molar-refractivity contribution in [2.75, 3.05) is 23.3 Å². The number of hydrogen-bond donors (Lipinski definition) is 1. The molecular weight excluding hydrogens is 272 g/mol. The number of fused-ring (bicyclic) bond motifs is 1. The normalized spacial score (nSPS) is 13.9. The van der Waals surface area contributed by atoms with Gasteiger partial charge in [-0.25, -0.2) is 0 Å². The van der Waals surface area contributed by atoms with Crippen molar-refractivity contribution in [3.63, 3.8) is 0 Å². The third kappa shape index (κ3) is 2.80. The standard InChI is InChI=1S/C14H16N4OS/c1-10-16-17-14(20-10)15-13(19)9-18-8-4-6-11-5-2-3-7-12(11)18/h2-3,5,7H,4,6,8-9H2,1H3,(H,15,17,19). The topological polar surface area (TPSA) is 58.1 Å². The van der Waals surface area contributed by atoms with Gasteiger partial charge in [-0.1, -0.05) is 29.5 Å². The van der Waals surface area contributed by atoms with Crippen LogP contribution in [0.4, 0.5) is 10.8 Å². The molecule has 1 aromatic heterocycles. The van der Waals surface area contributed by atoms with Crippen molar-refractivity contribution in [2.45, 2.75) is 19.8 Å². The van der Waals surface area contributed by atoms with Crippen LogP contribution in [-0.2, 0) is 11.2 Å². The summed E-state index contributed by atoms with van der Waals surface area (Å²) in [5.41, 5.74) is 2.49. The van der Waals surface area contributed by atoms with Gasteiger partial charge in [0.1, 0.15) is 5.01 Å². The van der Waals surface area contributed by atoms with E-state index in [0.29, 0.717) is 11.7 Å². The highest BCUT2D eigenvalue weighted by atomic mass is 32.1. The predicted molar refractivity (Wildman–Crippen MR) is 80.3 cm³/mol. The van der Waals surface area contributed by atoms with Crippen LogP contribution in [0.1, 0.15) is 17.0 Å². The minimum atomic E-state index is -0.0437. The zero-order chi connectivity index (χ0) is 13.9. The number of nitrogens with one attached hydrogen (secondary N) is 1. The van der Waals surface area contributed by atoms with Gasteiger partial charge in [-0.3, -0.25) is 10.1 Å². The van der Waals surface area contributed by atoms with E-state index in [9.17, 15) is 4.79 Å². The van der Waals surface area contributed by atoms with E-state index in [-0.39, 0.29) is 5.91 Å². The van der Waals surface area contributed by atoms with Crippen LogP contribution in [0.3, 0.4) is 0 Å². The number of nitrogens with zero attached hydrogens (tertiary/aromatic N) is 3. The Morgan fingerprint density at radius 1 is 1.40 bits per heavy atom. The summed E-state index contributed by atoms with van der Waals surface area (Å²) in [7, 11) is 0. The van der Waals surface area contributed by atoms with Crippen molar-refractivity contribution in [1.82, 2.24) is 10.2 Å². The number of aryl methyl sites for hydroxylation is 2. The number of amides is 1. The quantitative estimate of drug-likeness (QED) is 0.941. The molecule has 0 atom stereocenters. The van der Waals surface area contributed by atoms with Gasteiger partial charge in [0.05, 0.1) is 6.54 Å². The molecule has 1 N–H and O–H groups in total. The molecule has 2 aromatic rings. The highest BCUT2D eigenvalue weighted by molar-refractivity contribution is 7.15. The summed E-state index contributed by atoms with van der Waals surface area (Å²) in [4.78, 5) is 14.2. The Hall–Kier alpha value is -1.95. The van der Waals surface area contributed by atoms with Gasteiger partial charge in [0.15, 0.2) is 0 Å². The number of aromatic nitrogens is 2. The molecule has 0 unspecified atom stereocenters. The van der Waals surface area contributed by atoms with Crippen LogP contribution in [0.5, 0.6) is 0 Å². The number of carbonyl (C=O) groups excluding carboxylic acids is 1. The number of para-hydroxylation sites is 1. The van der Waals surface area contributed by atoms with Crippen LogP contribution >= 0.6 is 11.3 Å². The Bertz CT molecular complexity index is 625. The maximum Gasteiger partial charge on any atom is 0.245 e. The zero-order valence-electron chi connectivity index (χ0n) is 11.3. The molecule has 1 aliphatic heterocycles. The van der Waals surface area contributed by atoms with E-state index in [4.69, 9.17) is 0 Å². The van der Waals surface area contributed by atoms with Gasteiger partial charge < -0.3 is 4.90 Å². The van der Waals surface area contributed by atoms with Gasteiger partial charge in [-0.2, -0.15) is 0 Å². The van der Waals surface area contributed by atoms with E-state index in [2.05, 4.69) is 32.5 Å². The molecule has 0 saturated carbocycles. The first-order valence-electron chi connectivity index (χ1n) is 6.65. The molecule has 2 heterocycles. The third-order valence-corrected chi connectivity index (χ3v) is 4.07. The Balaban J connectivity index is 1.68. The lowest BCUT2D eigenvalue weighted by Gasteiger charge is -2.30. The Labute approximate surface area is 121 Å². The fourth-order valence-corrected chi connectivity index (χ4v) is 3.06. The molecule has 6 heteroatoms. The molecule has 0 radical (unpaired) electrons. The molecule has 0 fully saturated rings. The lowest BCUT2D eigenvalue weighted by Crippen LogP contribution is -2.36. The van der Waals surface area contributed by atoms with Crippen molar-refractivity contribution in [3.8, 4) is 0 Å². The fourth-order valence-electron chi connectivity index (χ4n) is 2.45. The van der Waals surface area contributed by atoms with Gasteiger partial charge in [0.2, 0.25) is 11.0 Å². The van der Waals surface area contributed by atoms with Crippen LogP contribution in [0.2, 0.25) is 0 Å². The van der Waals surface area contributed by atoms with Crippen LogP contribution in [-0.4, -0.2) is 29.2 Å². The Morgan fingerprint density at radius 3 is 3.05 bits per heavy atom. The van der Waals surface area contributed by atoms with Gasteiger partial charge >= 0.3 is 0 Å². The summed E-state index contributed by atoms with van der Waals surface area (Å²) in [5, 5.41) is 12.0. The second-order valence-electron chi connectivity index (χ2n) is 4.83. The van der Waals surface area contributed by atoms with Gasteiger partial charge in [0, 0.05) is 12.2 Å². The number of carbonyl (C=O) groups is 1. The molecule has 0 aliphatic carbocycles. The van der Waals surface area contributed by atoms with Crippen molar-refractivity contribution < 1.29 is 4.79 Å². The molecule has 20 heavy (non-hydrogen) atoms. The number of rotatable bonds is 3. The van der Waals surface area contributed by atoms with Crippen molar-refractivity contribution in [2.24, 2.45) is 0 Å². The van der Waals surface area contributed by atoms with Crippen molar-refractivity contribution >= 4 is 28.1 Å². The second kappa shape index (κ2) is 5.58. The van der Waals surface area contributed by atoms with Crippen LogP contribution in [0.15, 0.2) is 24.3 Å². The largest absolute Gasteiger partial charge is 0.362 e. The maximum atomic E-state index is 12.1. The Morgan fingerprint density at radius 2 is 2.25 bits per heavy atom. The summed E-state index contributed by atoms with van der Waals surface area (Å²) in [5.74, 6) is -0.0437. The number of benzene rings is 1. The molecule has 0 bridgehead atoms. The van der Waals surface area contributed by atoms with E-state index in [1.54, 1.807) is 0 Å². The zero-order valence-corrected chi connectivity index (χ0v) is 12.1. The third-order valence-electron chi connectivity index (χ3n) is 3.31. The number of hydrogen-bond acceptors (Lipinski definition) is 5. The minimum absolute atomic E-state index is 0.0437. The monoisotopic (exact) mass is 288 g/mol. The summed E-state index contributed by atoms with van der Waals surface area (Å²) < 4.78 is 0. The molecule has 1 aromatic carbocycles. The molecule has 5 nitrogen and oxygen atoms in total. The first-order chi connectivity index (χ1) is 9.72. The second-order valence-corrected chi connectivity index (χ2v) is 6.01.